The fraction of sp³-hybridized carbons (Fsp3) is 0.750. The van der Waals surface area contributed by atoms with Crippen LogP contribution >= 0.6 is 0 Å². The maximum absolute atomic E-state index is 5.61. The topological polar surface area (TPSA) is 39.1 Å². The lowest BCUT2D eigenvalue weighted by Gasteiger charge is -2.24. The van der Waals surface area contributed by atoms with Gasteiger partial charge < -0.3 is 14.6 Å². The maximum atomic E-state index is 5.61. The van der Waals surface area contributed by atoms with Gasteiger partial charge in [0.15, 0.2) is 0 Å². The molecule has 0 aliphatic carbocycles. The predicted molar refractivity (Wildman–Crippen MR) is 65.5 cm³/mol. The summed E-state index contributed by atoms with van der Waals surface area (Å²) in [4.78, 5) is 4.28. The van der Waals surface area contributed by atoms with Gasteiger partial charge in [0.25, 0.3) is 0 Å². The van der Waals surface area contributed by atoms with Crippen molar-refractivity contribution >= 4 is 0 Å². The van der Waals surface area contributed by atoms with Crippen LogP contribution in [0, 0.1) is 0 Å². The van der Waals surface area contributed by atoms with Crippen LogP contribution in [0.4, 0.5) is 0 Å². The van der Waals surface area contributed by atoms with E-state index in [-0.39, 0.29) is 5.60 Å². The second-order valence-corrected chi connectivity index (χ2v) is 4.57. The van der Waals surface area contributed by atoms with Gasteiger partial charge in [-0.05, 0) is 20.8 Å². The molecule has 0 atom stereocenters. The van der Waals surface area contributed by atoms with E-state index >= 15 is 0 Å². The second kappa shape index (κ2) is 6.01. The smallest absolute Gasteiger partial charge is 0.109 e. The molecule has 0 radical (unpaired) electrons. The Morgan fingerprint density at radius 1 is 1.50 bits per heavy atom. The summed E-state index contributed by atoms with van der Waals surface area (Å²) in [5.74, 6) is 1.11. The molecule has 4 heteroatoms. The van der Waals surface area contributed by atoms with E-state index in [1.807, 2.05) is 26.4 Å². The van der Waals surface area contributed by atoms with E-state index in [0.29, 0.717) is 0 Å². The zero-order valence-electron chi connectivity index (χ0n) is 10.8. The first-order valence-electron chi connectivity index (χ1n) is 5.86. The van der Waals surface area contributed by atoms with Crippen molar-refractivity contribution < 1.29 is 4.74 Å². The standard InChI is InChI=1S/C12H23N3O/c1-5-16-12(2,3)10-13-7-6-11-14-8-9-15(11)4/h8-9,13H,5-7,10H2,1-4H3. The molecule has 0 aliphatic heterocycles. The Hall–Kier alpha value is -0.870. The number of rotatable bonds is 7. The Morgan fingerprint density at radius 3 is 2.81 bits per heavy atom. The molecule has 1 rings (SSSR count). The SMILES string of the molecule is CCOC(C)(C)CNCCc1nccn1C. The largest absolute Gasteiger partial charge is 0.375 e. The molecule has 4 nitrogen and oxygen atoms in total. The van der Waals surface area contributed by atoms with Crippen molar-refractivity contribution in [3.05, 3.63) is 18.2 Å². The molecular weight excluding hydrogens is 202 g/mol. The number of hydrogen-bond donors (Lipinski definition) is 1. The van der Waals surface area contributed by atoms with Crippen LogP contribution in [0.3, 0.4) is 0 Å². The average Bonchev–Trinajstić information content (AvgIpc) is 2.59. The number of aryl methyl sites for hydroxylation is 1. The Morgan fingerprint density at radius 2 is 2.25 bits per heavy atom. The molecule has 0 saturated heterocycles. The van der Waals surface area contributed by atoms with Gasteiger partial charge in [-0.25, -0.2) is 4.98 Å². The minimum atomic E-state index is -0.0869. The number of hydrogen-bond acceptors (Lipinski definition) is 3. The van der Waals surface area contributed by atoms with E-state index in [9.17, 15) is 0 Å². The molecular formula is C12H23N3O. The number of nitrogens with one attached hydrogen (secondary N) is 1. The van der Waals surface area contributed by atoms with Crippen LogP contribution in [0.1, 0.15) is 26.6 Å². The van der Waals surface area contributed by atoms with Crippen LogP contribution in [-0.4, -0.2) is 34.8 Å². The second-order valence-electron chi connectivity index (χ2n) is 4.57. The Balaban J connectivity index is 2.19. The zero-order valence-corrected chi connectivity index (χ0v) is 10.8. The molecule has 1 N–H and O–H groups in total. The van der Waals surface area contributed by atoms with E-state index in [4.69, 9.17) is 4.74 Å². The maximum Gasteiger partial charge on any atom is 0.109 e. The molecule has 0 aromatic carbocycles. The van der Waals surface area contributed by atoms with Crippen molar-refractivity contribution in [3.8, 4) is 0 Å². The third kappa shape index (κ3) is 4.33. The van der Waals surface area contributed by atoms with E-state index in [1.165, 1.54) is 0 Å². The van der Waals surface area contributed by atoms with Crippen LogP contribution in [0.2, 0.25) is 0 Å². The molecule has 0 bridgehead atoms. The molecule has 0 saturated carbocycles. The van der Waals surface area contributed by atoms with Gasteiger partial charge in [-0.2, -0.15) is 0 Å². The van der Waals surface area contributed by atoms with Crippen LogP contribution in [0.5, 0.6) is 0 Å². The minimum absolute atomic E-state index is 0.0869. The molecule has 1 heterocycles. The first-order chi connectivity index (χ1) is 7.55. The minimum Gasteiger partial charge on any atom is -0.375 e. The van der Waals surface area contributed by atoms with Crippen molar-refractivity contribution in [1.82, 2.24) is 14.9 Å². The summed E-state index contributed by atoms with van der Waals surface area (Å²) in [6.07, 6.45) is 4.75. The molecule has 0 unspecified atom stereocenters. The van der Waals surface area contributed by atoms with Gasteiger partial charge in [0.05, 0.1) is 5.60 Å². The van der Waals surface area contributed by atoms with Crippen molar-refractivity contribution in [1.29, 1.82) is 0 Å². The highest BCUT2D eigenvalue weighted by Crippen LogP contribution is 2.06. The number of aromatic nitrogens is 2. The fourth-order valence-corrected chi connectivity index (χ4v) is 1.67. The summed E-state index contributed by atoms with van der Waals surface area (Å²) in [7, 11) is 2.02. The molecule has 1 aromatic heterocycles. The Kier molecular flexibility index (Phi) is 4.96. The summed E-state index contributed by atoms with van der Waals surface area (Å²) in [5.41, 5.74) is -0.0869. The first-order valence-corrected chi connectivity index (χ1v) is 5.86. The fourth-order valence-electron chi connectivity index (χ4n) is 1.67. The van der Waals surface area contributed by atoms with Gasteiger partial charge in [0.2, 0.25) is 0 Å². The van der Waals surface area contributed by atoms with Crippen LogP contribution in [0.15, 0.2) is 12.4 Å². The quantitative estimate of drug-likeness (QED) is 0.712. The summed E-state index contributed by atoms with van der Waals surface area (Å²) < 4.78 is 7.66. The van der Waals surface area contributed by atoms with Gasteiger partial charge in [-0.15, -0.1) is 0 Å². The van der Waals surface area contributed by atoms with Crippen LogP contribution in [0.25, 0.3) is 0 Å². The lowest BCUT2D eigenvalue weighted by molar-refractivity contribution is -0.00859. The number of imidazole rings is 1. The summed E-state index contributed by atoms with van der Waals surface area (Å²) in [6.45, 7) is 8.78. The van der Waals surface area contributed by atoms with Gasteiger partial charge in [0, 0.05) is 45.6 Å². The van der Waals surface area contributed by atoms with E-state index < -0.39 is 0 Å². The third-order valence-corrected chi connectivity index (χ3v) is 2.53. The highest BCUT2D eigenvalue weighted by molar-refractivity contribution is 4.91. The summed E-state index contributed by atoms with van der Waals surface area (Å²) in [6, 6.07) is 0. The van der Waals surface area contributed by atoms with E-state index in [2.05, 4.69) is 28.7 Å². The molecule has 92 valence electrons. The van der Waals surface area contributed by atoms with Crippen molar-refractivity contribution in [2.24, 2.45) is 7.05 Å². The van der Waals surface area contributed by atoms with Gasteiger partial charge >= 0.3 is 0 Å². The van der Waals surface area contributed by atoms with Gasteiger partial charge in [-0.3, -0.25) is 0 Å². The monoisotopic (exact) mass is 225 g/mol. The predicted octanol–water partition coefficient (Wildman–Crippen LogP) is 1.37. The number of nitrogens with zero attached hydrogens (tertiary/aromatic N) is 2. The first kappa shape index (κ1) is 13.2. The van der Waals surface area contributed by atoms with Crippen molar-refractivity contribution in [2.45, 2.75) is 32.8 Å². The molecule has 0 amide bonds. The van der Waals surface area contributed by atoms with Gasteiger partial charge in [0.1, 0.15) is 5.82 Å². The van der Waals surface area contributed by atoms with E-state index in [1.54, 1.807) is 0 Å². The van der Waals surface area contributed by atoms with Gasteiger partial charge in [-0.1, -0.05) is 0 Å². The lowest BCUT2D eigenvalue weighted by Crippen LogP contribution is -2.38. The molecule has 16 heavy (non-hydrogen) atoms. The Bertz CT molecular complexity index is 307. The summed E-state index contributed by atoms with van der Waals surface area (Å²) >= 11 is 0. The highest BCUT2D eigenvalue weighted by Gasteiger charge is 2.16. The normalized spacial score (nSPS) is 12.0. The van der Waals surface area contributed by atoms with E-state index in [0.717, 1.165) is 31.9 Å². The average molecular weight is 225 g/mol. The highest BCUT2D eigenvalue weighted by atomic mass is 16.5. The van der Waals surface area contributed by atoms with Crippen LogP contribution < -0.4 is 5.32 Å². The molecule has 0 spiro atoms. The molecule has 0 fully saturated rings. The number of ether oxygens (including phenoxy) is 1. The lowest BCUT2D eigenvalue weighted by atomic mass is 10.1. The molecule has 0 aliphatic rings. The third-order valence-electron chi connectivity index (χ3n) is 2.53. The van der Waals surface area contributed by atoms with Crippen LogP contribution in [-0.2, 0) is 18.2 Å². The molecule has 1 aromatic rings. The summed E-state index contributed by atoms with van der Waals surface area (Å²) in [5, 5.41) is 3.40. The van der Waals surface area contributed by atoms with Crippen molar-refractivity contribution in [3.63, 3.8) is 0 Å². The van der Waals surface area contributed by atoms with Crippen molar-refractivity contribution in [2.75, 3.05) is 19.7 Å². The zero-order chi connectivity index (χ0) is 12.0. The Labute approximate surface area is 98.0 Å².